The number of ether oxygens (including phenoxy) is 1. The van der Waals surface area contributed by atoms with Gasteiger partial charge < -0.3 is 20.3 Å². The van der Waals surface area contributed by atoms with E-state index in [1.165, 1.54) is 0 Å². The zero-order valence-electron chi connectivity index (χ0n) is 12.9. The summed E-state index contributed by atoms with van der Waals surface area (Å²) in [6, 6.07) is 5.81. The van der Waals surface area contributed by atoms with Crippen LogP contribution in [0.3, 0.4) is 0 Å². The molecule has 1 aromatic carbocycles. The fourth-order valence-corrected chi connectivity index (χ4v) is 3.16. The number of hydrogen-bond acceptors (Lipinski definition) is 4. The van der Waals surface area contributed by atoms with Gasteiger partial charge in [0.15, 0.2) is 0 Å². The summed E-state index contributed by atoms with van der Waals surface area (Å²) >= 11 is 0. The molecule has 2 aliphatic heterocycles. The predicted molar refractivity (Wildman–Crippen MR) is 84.0 cm³/mol. The van der Waals surface area contributed by atoms with E-state index in [1.807, 2.05) is 43.9 Å². The monoisotopic (exact) mass is 289 g/mol. The highest BCUT2D eigenvalue weighted by Crippen LogP contribution is 2.27. The summed E-state index contributed by atoms with van der Waals surface area (Å²) in [5, 5.41) is 6.65. The van der Waals surface area contributed by atoms with Crippen molar-refractivity contribution in [3.63, 3.8) is 0 Å². The van der Waals surface area contributed by atoms with Gasteiger partial charge in [-0.05, 0) is 39.0 Å². The zero-order chi connectivity index (χ0) is 15.0. The molecule has 2 aliphatic rings. The lowest BCUT2D eigenvalue weighted by Crippen LogP contribution is -2.53. The number of hydrogen-bond donors (Lipinski definition) is 2. The van der Waals surface area contributed by atoms with Gasteiger partial charge in [0.05, 0.1) is 23.1 Å². The van der Waals surface area contributed by atoms with Crippen molar-refractivity contribution < 1.29 is 9.53 Å². The van der Waals surface area contributed by atoms with Gasteiger partial charge in [0.1, 0.15) is 0 Å². The molecule has 1 saturated heterocycles. The van der Waals surface area contributed by atoms with E-state index in [1.54, 1.807) is 0 Å². The van der Waals surface area contributed by atoms with Gasteiger partial charge in [-0.15, -0.1) is 0 Å². The van der Waals surface area contributed by atoms with E-state index < -0.39 is 0 Å². The number of benzene rings is 1. The molecule has 5 heteroatoms. The third-order valence-corrected chi connectivity index (χ3v) is 3.88. The van der Waals surface area contributed by atoms with Crippen LogP contribution in [0.4, 0.5) is 11.4 Å². The van der Waals surface area contributed by atoms with Crippen LogP contribution in [0.5, 0.6) is 0 Å². The van der Waals surface area contributed by atoms with E-state index in [0.29, 0.717) is 13.1 Å². The van der Waals surface area contributed by atoms with Gasteiger partial charge >= 0.3 is 0 Å². The van der Waals surface area contributed by atoms with Crippen molar-refractivity contribution in [1.82, 2.24) is 4.90 Å². The van der Waals surface area contributed by atoms with E-state index in [9.17, 15) is 4.79 Å². The second-order valence-electron chi connectivity index (χ2n) is 6.49. The second-order valence-corrected chi connectivity index (χ2v) is 6.49. The van der Waals surface area contributed by atoms with E-state index >= 15 is 0 Å². The highest BCUT2D eigenvalue weighted by molar-refractivity contribution is 5.96. The molecule has 0 saturated carbocycles. The first kappa shape index (κ1) is 14.2. The maximum absolute atomic E-state index is 12.7. The smallest absolute Gasteiger partial charge is 0.254 e. The van der Waals surface area contributed by atoms with E-state index in [0.717, 1.165) is 30.0 Å². The SMILES string of the molecule is CC1CN(C(=O)c2ccc3c(c2)NCCN3)CC(C)(C)O1. The Morgan fingerprint density at radius 1 is 1.29 bits per heavy atom. The molecule has 1 amide bonds. The van der Waals surface area contributed by atoms with E-state index in [-0.39, 0.29) is 17.6 Å². The molecule has 2 N–H and O–H groups in total. The van der Waals surface area contributed by atoms with Gasteiger partial charge in [-0.3, -0.25) is 4.79 Å². The molecule has 0 spiro atoms. The first-order valence-corrected chi connectivity index (χ1v) is 7.53. The minimum absolute atomic E-state index is 0.0649. The number of carbonyl (C=O) groups excluding carboxylic acids is 1. The average Bonchev–Trinajstić information content (AvgIpc) is 2.44. The van der Waals surface area contributed by atoms with Crippen LogP contribution in [-0.2, 0) is 4.74 Å². The van der Waals surface area contributed by atoms with Crippen LogP contribution in [0.15, 0.2) is 18.2 Å². The van der Waals surface area contributed by atoms with Crippen molar-refractivity contribution in [2.24, 2.45) is 0 Å². The third-order valence-electron chi connectivity index (χ3n) is 3.88. The van der Waals surface area contributed by atoms with Gasteiger partial charge in [-0.1, -0.05) is 0 Å². The largest absolute Gasteiger partial charge is 0.382 e. The van der Waals surface area contributed by atoms with Crippen molar-refractivity contribution in [3.05, 3.63) is 23.8 Å². The third kappa shape index (κ3) is 2.97. The summed E-state index contributed by atoms with van der Waals surface area (Å²) in [7, 11) is 0. The standard InChI is InChI=1S/C16H23N3O2/c1-11-9-19(10-16(2,3)21-11)15(20)12-4-5-13-14(8-12)18-7-6-17-13/h4-5,8,11,17-18H,6-7,9-10H2,1-3H3. The lowest BCUT2D eigenvalue weighted by molar-refractivity contribution is -0.118. The molecule has 2 heterocycles. The Morgan fingerprint density at radius 2 is 2.00 bits per heavy atom. The number of nitrogens with zero attached hydrogens (tertiary/aromatic N) is 1. The van der Waals surface area contributed by atoms with Crippen LogP contribution in [0.1, 0.15) is 31.1 Å². The molecular formula is C16H23N3O2. The maximum atomic E-state index is 12.7. The summed E-state index contributed by atoms with van der Waals surface area (Å²) in [4.78, 5) is 14.6. The second kappa shape index (κ2) is 5.22. The van der Waals surface area contributed by atoms with Crippen LogP contribution in [-0.4, -0.2) is 48.7 Å². The molecule has 5 nitrogen and oxygen atoms in total. The summed E-state index contributed by atoms with van der Waals surface area (Å²) in [6.45, 7) is 9.13. The van der Waals surface area contributed by atoms with Crippen LogP contribution >= 0.6 is 0 Å². The fraction of sp³-hybridized carbons (Fsp3) is 0.562. The van der Waals surface area contributed by atoms with Crippen molar-refractivity contribution >= 4 is 17.3 Å². The molecule has 114 valence electrons. The van der Waals surface area contributed by atoms with E-state index in [4.69, 9.17) is 4.74 Å². The van der Waals surface area contributed by atoms with Gasteiger partial charge in [0, 0.05) is 31.7 Å². The van der Waals surface area contributed by atoms with Crippen molar-refractivity contribution in [2.45, 2.75) is 32.5 Å². The minimum Gasteiger partial charge on any atom is -0.382 e. The predicted octanol–water partition coefficient (Wildman–Crippen LogP) is 2.16. The molecular weight excluding hydrogens is 266 g/mol. The van der Waals surface area contributed by atoms with E-state index in [2.05, 4.69) is 10.6 Å². The number of amides is 1. The summed E-state index contributed by atoms with van der Waals surface area (Å²) in [6.07, 6.45) is 0.0649. The molecule has 1 unspecified atom stereocenters. The lowest BCUT2D eigenvalue weighted by atomic mass is 10.0. The summed E-state index contributed by atoms with van der Waals surface area (Å²) in [5.41, 5.74) is 2.51. The average molecular weight is 289 g/mol. The number of anilines is 2. The Labute approximate surface area is 125 Å². The van der Waals surface area contributed by atoms with Gasteiger partial charge in [0.2, 0.25) is 0 Å². The quantitative estimate of drug-likeness (QED) is 0.832. The molecule has 1 aromatic rings. The summed E-state index contributed by atoms with van der Waals surface area (Å²) in [5.74, 6) is 0.0772. The fourth-order valence-electron chi connectivity index (χ4n) is 3.16. The Balaban J connectivity index is 1.81. The number of fused-ring (bicyclic) bond motifs is 1. The highest BCUT2D eigenvalue weighted by Gasteiger charge is 2.34. The normalized spacial score (nSPS) is 23.8. The highest BCUT2D eigenvalue weighted by atomic mass is 16.5. The molecule has 3 rings (SSSR count). The molecule has 0 aromatic heterocycles. The molecule has 1 fully saturated rings. The first-order chi connectivity index (χ1) is 9.94. The topological polar surface area (TPSA) is 53.6 Å². The molecule has 0 radical (unpaired) electrons. The molecule has 0 bridgehead atoms. The van der Waals surface area contributed by atoms with Crippen LogP contribution in [0.25, 0.3) is 0 Å². The lowest BCUT2D eigenvalue weighted by Gasteiger charge is -2.41. The van der Waals surface area contributed by atoms with Gasteiger partial charge in [-0.2, -0.15) is 0 Å². The van der Waals surface area contributed by atoms with Crippen molar-refractivity contribution in [2.75, 3.05) is 36.8 Å². The summed E-state index contributed by atoms with van der Waals surface area (Å²) < 4.78 is 5.86. The number of carbonyl (C=O) groups is 1. The maximum Gasteiger partial charge on any atom is 0.254 e. The van der Waals surface area contributed by atoms with Crippen molar-refractivity contribution in [1.29, 1.82) is 0 Å². The Hall–Kier alpha value is -1.75. The first-order valence-electron chi connectivity index (χ1n) is 7.53. The Morgan fingerprint density at radius 3 is 2.71 bits per heavy atom. The minimum atomic E-state index is -0.290. The van der Waals surface area contributed by atoms with Crippen LogP contribution < -0.4 is 10.6 Å². The van der Waals surface area contributed by atoms with Gasteiger partial charge in [0.25, 0.3) is 5.91 Å². The molecule has 0 aliphatic carbocycles. The van der Waals surface area contributed by atoms with Crippen LogP contribution in [0.2, 0.25) is 0 Å². The van der Waals surface area contributed by atoms with Gasteiger partial charge in [-0.25, -0.2) is 0 Å². The molecule has 21 heavy (non-hydrogen) atoms. The molecule has 1 atom stereocenters. The number of rotatable bonds is 1. The number of morpholine rings is 1. The van der Waals surface area contributed by atoms with Crippen LogP contribution in [0, 0.1) is 0 Å². The van der Waals surface area contributed by atoms with Crippen molar-refractivity contribution in [3.8, 4) is 0 Å². The zero-order valence-corrected chi connectivity index (χ0v) is 12.9. The number of nitrogens with one attached hydrogen (secondary N) is 2. The Bertz CT molecular complexity index is 556. The Kier molecular flexibility index (Phi) is 3.53.